The Kier molecular flexibility index (Phi) is 5.82. The van der Waals surface area contributed by atoms with Gasteiger partial charge in [-0.1, -0.05) is 0 Å². The lowest BCUT2D eigenvalue weighted by Gasteiger charge is -2.27. The number of carbonyl (C=O) groups excluding carboxylic acids is 1. The Morgan fingerprint density at radius 1 is 1.23 bits per heavy atom. The molecule has 26 heavy (non-hydrogen) atoms. The van der Waals surface area contributed by atoms with Crippen LogP contribution in [0.25, 0.3) is 0 Å². The molecule has 2 aliphatic rings. The summed E-state index contributed by atoms with van der Waals surface area (Å²) in [6, 6.07) is 3.14. The molecule has 8 heteroatoms. The van der Waals surface area contributed by atoms with Gasteiger partial charge >= 0.3 is 5.97 Å². The van der Waals surface area contributed by atoms with Gasteiger partial charge in [-0.15, -0.1) is 0 Å². The van der Waals surface area contributed by atoms with Crippen LogP contribution < -0.4 is 19.5 Å². The van der Waals surface area contributed by atoms with Crippen LogP contribution in [0.5, 0.6) is 17.2 Å². The number of carbonyl (C=O) groups is 2. The maximum absolute atomic E-state index is 12.5. The number of amides is 1. The molecule has 1 aromatic rings. The Labute approximate surface area is 151 Å². The van der Waals surface area contributed by atoms with Gasteiger partial charge in [-0.2, -0.15) is 0 Å². The Morgan fingerprint density at radius 2 is 1.96 bits per heavy atom. The number of nitrogens with one attached hydrogen (secondary N) is 1. The van der Waals surface area contributed by atoms with E-state index in [9.17, 15) is 14.7 Å². The van der Waals surface area contributed by atoms with E-state index < -0.39 is 11.9 Å². The number of hydrogen-bond donors (Lipinski definition) is 2. The zero-order valence-corrected chi connectivity index (χ0v) is 14.7. The number of benzene rings is 1. The van der Waals surface area contributed by atoms with Gasteiger partial charge in [0, 0.05) is 25.3 Å². The van der Waals surface area contributed by atoms with Gasteiger partial charge < -0.3 is 29.4 Å². The zero-order valence-electron chi connectivity index (χ0n) is 14.7. The van der Waals surface area contributed by atoms with E-state index in [1.807, 2.05) is 0 Å². The molecule has 1 atom stereocenters. The van der Waals surface area contributed by atoms with E-state index in [0.29, 0.717) is 62.1 Å². The van der Waals surface area contributed by atoms with Gasteiger partial charge in [0.2, 0.25) is 5.75 Å². The van der Waals surface area contributed by atoms with Crippen molar-refractivity contribution in [3.63, 3.8) is 0 Å². The number of rotatable bonds is 6. The van der Waals surface area contributed by atoms with Crippen molar-refractivity contribution in [2.24, 2.45) is 11.8 Å². The van der Waals surface area contributed by atoms with Crippen LogP contribution in [0.1, 0.15) is 23.2 Å². The number of carboxylic acids is 1. The Balaban J connectivity index is 1.69. The molecule has 142 valence electrons. The number of fused-ring (bicyclic) bond motifs is 1. The molecule has 8 nitrogen and oxygen atoms in total. The smallest absolute Gasteiger partial charge is 0.308 e. The predicted octanol–water partition coefficient (Wildman–Crippen LogP) is 1.32. The predicted molar refractivity (Wildman–Crippen MR) is 91.0 cm³/mol. The standard InChI is InChI=1S/C18H23NO7/c1-23-14-8-12(9-15-16(14)26-7-6-25-15)17(20)19-10-13(18(21)22)11-2-4-24-5-3-11/h8-9,11,13H,2-7,10H2,1H3,(H,19,20)(H,21,22). The maximum Gasteiger partial charge on any atom is 0.308 e. The fourth-order valence-electron chi connectivity index (χ4n) is 3.28. The SMILES string of the molecule is COc1cc(C(=O)NCC(C(=O)O)C2CCOCC2)cc2c1OCCO2. The maximum atomic E-state index is 12.5. The van der Waals surface area contributed by atoms with Gasteiger partial charge in [0.1, 0.15) is 13.2 Å². The highest BCUT2D eigenvalue weighted by molar-refractivity contribution is 5.95. The molecule has 0 aromatic heterocycles. The molecule has 0 saturated carbocycles. The Hall–Kier alpha value is -2.48. The molecule has 0 spiro atoms. The van der Waals surface area contributed by atoms with Gasteiger partial charge in [-0.05, 0) is 30.9 Å². The van der Waals surface area contributed by atoms with Crippen LogP contribution in [0.2, 0.25) is 0 Å². The van der Waals surface area contributed by atoms with E-state index in [4.69, 9.17) is 18.9 Å². The van der Waals surface area contributed by atoms with Crippen LogP contribution >= 0.6 is 0 Å². The lowest BCUT2D eigenvalue weighted by atomic mass is 9.86. The van der Waals surface area contributed by atoms with Crippen molar-refractivity contribution in [2.45, 2.75) is 12.8 Å². The highest BCUT2D eigenvalue weighted by Gasteiger charge is 2.30. The van der Waals surface area contributed by atoms with E-state index >= 15 is 0 Å². The van der Waals surface area contributed by atoms with Crippen molar-refractivity contribution in [2.75, 3.05) is 40.1 Å². The zero-order chi connectivity index (χ0) is 18.5. The molecule has 0 aliphatic carbocycles. The van der Waals surface area contributed by atoms with E-state index in [-0.39, 0.29) is 18.4 Å². The lowest BCUT2D eigenvalue weighted by molar-refractivity contribution is -0.144. The topological polar surface area (TPSA) is 103 Å². The summed E-state index contributed by atoms with van der Waals surface area (Å²) >= 11 is 0. The summed E-state index contributed by atoms with van der Waals surface area (Å²) in [6.07, 6.45) is 1.37. The fourth-order valence-corrected chi connectivity index (χ4v) is 3.28. The molecule has 1 fully saturated rings. The van der Waals surface area contributed by atoms with Crippen molar-refractivity contribution in [3.8, 4) is 17.2 Å². The largest absolute Gasteiger partial charge is 0.493 e. The molecule has 2 N–H and O–H groups in total. The van der Waals surface area contributed by atoms with Crippen molar-refractivity contribution in [1.29, 1.82) is 0 Å². The third kappa shape index (κ3) is 4.01. The fraction of sp³-hybridized carbons (Fsp3) is 0.556. The summed E-state index contributed by atoms with van der Waals surface area (Å²) in [5.74, 6) is -0.596. The minimum atomic E-state index is -0.906. The molecular formula is C18H23NO7. The number of hydrogen-bond acceptors (Lipinski definition) is 6. The number of methoxy groups -OCH3 is 1. The van der Waals surface area contributed by atoms with Crippen molar-refractivity contribution >= 4 is 11.9 Å². The van der Waals surface area contributed by atoms with Crippen molar-refractivity contribution in [3.05, 3.63) is 17.7 Å². The third-order valence-corrected chi connectivity index (χ3v) is 4.72. The molecule has 1 unspecified atom stereocenters. The van der Waals surface area contributed by atoms with Gasteiger partial charge in [-0.25, -0.2) is 0 Å². The first-order valence-corrected chi connectivity index (χ1v) is 8.66. The minimum Gasteiger partial charge on any atom is -0.493 e. The van der Waals surface area contributed by atoms with Gasteiger partial charge in [-0.3, -0.25) is 9.59 Å². The van der Waals surface area contributed by atoms with E-state index in [0.717, 1.165) is 0 Å². The van der Waals surface area contributed by atoms with E-state index in [2.05, 4.69) is 5.32 Å². The molecule has 2 aliphatic heterocycles. The highest BCUT2D eigenvalue weighted by Crippen LogP contribution is 2.40. The van der Waals surface area contributed by atoms with Gasteiger partial charge in [0.25, 0.3) is 5.91 Å². The molecule has 3 rings (SSSR count). The summed E-state index contributed by atoms with van der Waals surface area (Å²) in [7, 11) is 1.49. The second-order valence-corrected chi connectivity index (χ2v) is 6.31. The summed E-state index contributed by atoms with van der Waals surface area (Å²) < 4.78 is 21.6. The van der Waals surface area contributed by atoms with Gasteiger partial charge in [0.05, 0.1) is 13.0 Å². The monoisotopic (exact) mass is 365 g/mol. The molecule has 1 amide bonds. The van der Waals surface area contributed by atoms with Crippen molar-refractivity contribution in [1.82, 2.24) is 5.32 Å². The van der Waals surface area contributed by atoms with Crippen LogP contribution in [0.3, 0.4) is 0 Å². The second-order valence-electron chi connectivity index (χ2n) is 6.31. The molecule has 1 saturated heterocycles. The Bertz CT molecular complexity index is 652. The summed E-state index contributed by atoms with van der Waals surface area (Å²) in [6.45, 7) is 1.99. The van der Waals surface area contributed by atoms with Crippen LogP contribution in [0.4, 0.5) is 0 Å². The molecule has 1 aromatic carbocycles. The second kappa shape index (κ2) is 8.27. The number of ether oxygens (including phenoxy) is 4. The van der Waals surface area contributed by atoms with Gasteiger partial charge in [0.15, 0.2) is 11.5 Å². The average molecular weight is 365 g/mol. The minimum absolute atomic E-state index is 0.00338. The summed E-state index contributed by atoms with van der Waals surface area (Å²) in [5, 5.41) is 12.2. The molecule has 0 bridgehead atoms. The lowest BCUT2D eigenvalue weighted by Crippen LogP contribution is -2.39. The first kappa shape index (κ1) is 18.3. The van der Waals surface area contributed by atoms with Crippen LogP contribution in [0, 0.1) is 11.8 Å². The van der Waals surface area contributed by atoms with Crippen molar-refractivity contribution < 1.29 is 33.6 Å². The summed E-state index contributed by atoms with van der Waals surface area (Å²) in [4.78, 5) is 24.1. The Morgan fingerprint density at radius 3 is 2.65 bits per heavy atom. The average Bonchev–Trinajstić information content (AvgIpc) is 2.67. The summed E-state index contributed by atoms with van der Waals surface area (Å²) in [5.41, 5.74) is 0.335. The highest BCUT2D eigenvalue weighted by atomic mass is 16.6. The van der Waals surface area contributed by atoms with E-state index in [1.54, 1.807) is 12.1 Å². The first-order valence-electron chi connectivity index (χ1n) is 8.66. The van der Waals surface area contributed by atoms with E-state index in [1.165, 1.54) is 7.11 Å². The molecule has 0 radical (unpaired) electrons. The first-order chi connectivity index (χ1) is 12.6. The molecule has 2 heterocycles. The van der Waals surface area contributed by atoms with Crippen LogP contribution in [-0.4, -0.2) is 57.1 Å². The number of aliphatic carboxylic acids is 1. The normalized spacial score (nSPS) is 18.0. The quantitative estimate of drug-likeness (QED) is 0.784. The number of carboxylic acid groups (broad SMARTS) is 1. The van der Waals surface area contributed by atoms with Crippen LogP contribution in [0.15, 0.2) is 12.1 Å². The molecular weight excluding hydrogens is 342 g/mol. The third-order valence-electron chi connectivity index (χ3n) is 4.72. The van der Waals surface area contributed by atoms with Crippen LogP contribution in [-0.2, 0) is 9.53 Å².